The number of thioether (sulfide) groups is 1. The van der Waals surface area contributed by atoms with Crippen molar-refractivity contribution in [1.82, 2.24) is 9.55 Å². The highest BCUT2D eigenvalue weighted by Crippen LogP contribution is 2.35. The van der Waals surface area contributed by atoms with Crippen molar-refractivity contribution >= 4 is 34.3 Å². The zero-order chi connectivity index (χ0) is 22.9. The third-order valence-electron chi connectivity index (χ3n) is 5.39. The van der Waals surface area contributed by atoms with E-state index in [0.29, 0.717) is 33.3 Å². The van der Waals surface area contributed by atoms with Crippen LogP contribution in [0.15, 0.2) is 63.1 Å². The van der Waals surface area contributed by atoms with Crippen molar-refractivity contribution in [2.45, 2.75) is 25.5 Å². The number of benzene rings is 2. The molecule has 1 N–H and O–H groups in total. The molecule has 4 aromatic rings. The standard InChI is InChI=1S/C24H21N3O5S/c1-14-5-3-6-15(2)22(14)26-21(28)12-33-24-25-18-10-20-19(31-13-32-20)9-17(18)23(29)27(24)11-16-7-4-8-30-16/h3-10H,11-13H2,1-2H3,(H,26,28). The molecule has 0 saturated carbocycles. The average Bonchev–Trinajstić information content (AvgIpc) is 3.47. The number of amides is 1. The van der Waals surface area contributed by atoms with Gasteiger partial charge in [0.15, 0.2) is 16.7 Å². The molecule has 5 rings (SSSR count). The molecular formula is C24H21N3O5S. The van der Waals surface area contributed by atoms with E-state index in [2.05, 4.69) is 10.3 Å². The summed E-state index contributed by atoms with van der Waals surface area (Å²) >= 11 is 1.20. The van der Waals surface area contributed by atoms with Crippen LogP contribution < -0.4 is 20.3 Å². The van der Waals surface area contributed by atoms with Crippen LogP contribution in [-0.2, 0) is 11.3 Å². The third-order valence-corrected chi connectivity index (χ3v) is 6.36. The van der Waals surface area contributed by atoms with Crippen molar-refractivity contribution < 1.29 is 18.7 Å². The lowest BCUT2D eigenvalue weighted by molar-refractivity contribution is -0.113. The quantitative estimate of drug-likeness (QED) is 0.340. The summed E-state index contributed by atoms with van der Waals surface area (Å²) < 4.78 is 17.8. The fraction of sp³-hybridized carbons (Fsp3) is 0.208. The Morgan fingerprint density at radius 2 is 1.88 bits per heavy atom. The van der Waals surface area contributed by atoms with Crippen LogP contribution in [0.25, 0.3) is 10.9 Å². The lowest BCUT2D eigenvalue weighted by atomic mass is 10.1. The molecule has 0 unspecified atom stereocenters. The molecule has 0 fully saturated rings. The average molecular weight is 464 g/mol. The van der Waals surface area contributed by atoms with E-state index in [9.17, 15) is 9.59 Å². The van der Waals surface area contributed by atoms with Crippen molar-refractivity contribution in [2.24, 2.45) is 0 Å². The Labute approximate surface area is 193 Å². The second-order valence-electron chi connectivity index (χ2n) is 7.69. The summed E-state index contributed by atoms with van der Waals surface area (Å²) in [4.78, 5) is 30.8. The first-order valence-corrected chi connectivity index (χ1v) is 11.3. The van der Waals surface area contributed by atoms with Gasteiger partial charge < -0.3 is 19.2 Å². The number of hydrogen-bond acceptors (Lipinski definition) is 7. The number of aromatic nitrogens is 2. The van der Waals surface area contributed by atoms with Crippen molar-refractivity contribution in [3.63, 3.8) is 0 Å². The van der Waals surface area contributed by atoms with Crippen LogP contribution >= 0.6 is 11.8 Å². The highest BCUT2D eigenvalue weighted by atomic mass is 32.2. The molecule has 2 aromatic heterocycles. The predicted octanol–water partition coefficient (Wildman–Crippen LogP) is 4.11. The number of hydrogen-bond donors (Lipinski definition) is 1. The van der Waals surface area contributed by atoms with Gasteiger partial charge >= 0.3 is 0 Å². The Morgan fingerprint density at radius 3 is 2.61 bits per heavy atom. The number of fused-ring (bicyclic) bond motifs is 2. The van der Waals surface area contributed by atoms with Gasteiger partial charge in [0, 0.05) is 11.8 Å². The summed E-state index contributed by atoms with van der Waals surface area (Å²) in [5, 5.41) is 3.80. The van der Waals surface area contributed by atoms with Crippen molar-refractivity contribution in [1.29, 1.82) is 0 Å². The van der Waals surface area contributed by atoms with Crippen LogP contribution in [-0.4, -0.2) is 28.0 Å². The molecule has 1 amide bonds. The molecule has 1 aliphatic heterocycles. The number of anilines is 1. The maximum Gasteiger partial charge on any atom is 0.262 e. The topological polar surface area (TPSA) is 95.6 Å². The summed E-state index contributed by atoms with van der Waals surface area (Å²) in [6.45, 7) is 4.20. The van der Waals surface area contributed by atoms with Gasteiger partial charge in [0.25, 0.3) is 5.56 Å². The maximum absolute atomic E-state index is 13.4. The van der Waals surface area contributed by atoms with E-state index in [4.69, 9.17) is 13.9 Å². The Bertz CT molecular complexity index is 1390. The van der Waals surface area contributed by atoms with Gasteiger partial charge in [-0.1, -0.05) is 30.0 Å². The van der Waals surface area contributed by atoms with E-state index < -0.39 is 0 Å². The van der Waals surface area contributed by atoms with Gasteiger partial charge in [0.05, 0.1) is 29.5 Å². The molecule has 0 radical (unpaired) electrons. The van der Waals surface area contributed by atoms with Crippen molar-refractivity contribution in [2.75, 3.05) is 17.9 Å². The van der Waals surface area contributed by atoms with E-state index in [0.717, 1.165) is 16.8 Å². The van der Waals surface area contributed by atoms with Crippen LogP contribution in [0.5, 0.6) is 11.5 Å². The van der Waals surface area contributed by atoms with Gasteiger partial charge in [-0.15, -0.1) is 0 Å². The van der Waals surface area contributed by atoms with Crippen LogP contribution in [0, 0.1) is 13.8 Å². The number of furan rings is 1. The number of nitrogens with one attached hydrogen (secondary N) is 1. The second kappa shape index (κ2) is 8.67. The van der Waals surface area contributed by atoms with Gasteiger partial charge in [0.2, 0.25) is 12.7 Å². The summed E-state index contributed by atoms with van der Waals surface area (Å²) in [6.07, 6.45) is 1.55. The molecule has 168 valence electrons. The summed E-state index contributed by atoms with van der Waals surface area (Å²) in [7, 11) is 0. The number of aryl methyl sites for hydroxylation is 2. The van der Waals surface area contributed by atoms with Crippen LogP contribution in [0.4, 0.5) is 5.69 Å². The fourth-order valence-electron chi connectivity index (χ4n) is 3.72. The van der Waals surface area contributed by atoms with Crippen LogP contribution in [0.1, 0.15) is 16.9 Å². The van der Waals surface area contributed by atoms with Crippen LogP contribution in [0.3, 0.4) is 0 Å². The Hall–Kier alpha value is -3.72. The molecule has 2 aromatic carbocycles. The number of rotatable bonds is 6. The first-order chi connectivity index (χ1) is 16.0. The minimum atomic E-state index is -0.243. The molecule has 0 saturated heterocycles. The molecule has 3 heterocycles. The molecule has 33 heavy (non-hydrogen) atoms. The molecule has 0 aliphatic carbocycles. The second-order valence-corrected chi connectivity index (χ2v) is 8.63. The minimum absolute atomic E-state index is 0.0917. The molecular weight excluding hydrogens is 442 g/mol. The Balaban J connectivity index is 1.47. The van der Waals surface area contributed by atoms with Gasteiger partial charge in [-0.05, 0) is 43.2 Å². The van der Waals surface area contributed by atoms with Crippen LogP contribution in [0.2, 0.25) is 0 Å². The third kappa shape index (κ3) is 4.19. The predicted molar refractivity (Wildman–Crippen MR) is 125 cm³/mol. The summed E-state index contributed by atoms with van der Waals surface area (Å²) in [5.74, 6) is 1.58. The van der Waals surface area contributed by atoms with Gasteiger partial charge in [-0.25, -0.2) is 4.98 Å². The number of carbonyl (C=O) groups excluding carboxylic acids is 1. The van der Waals surface area contributed by atoms with E-state index in [-0.39, 0.29) is 30.6 Å². The van der Waals surface area contributed by atoms with Crippen molar-refractivity contribution in [3.8, 4) is 11.5 Å². The lowest BCUT2D eigenvalue weighted by Gasteiger charge is -2.14. The maximum atomic E-state index is 13.4. The molecule has 0 bridgehead atoms. The number of nitrogens with zero attached hydrogens (tertiary/aromatic N) is 2. The highest BCUT2D eigenvalue weighted by Gasteiger charge is 2.20. The first-order valence-electron chi connectivity index (χ1n) is 10.3. The van der Waals surface area contributed by atoms with Gasteiger partial charge in [0.1, 0.15) is 5.76 Å². The summed E-state index contributed by atoms with van der Waals surface area (Å²) in [6, 6.07) is 12.7. The molecule has 1 aliphatic rings. The monoisotopic (exact) mass is 463 g/mol. The van der Waals surface area contributed by atoms with Gasteiger partial charge in [-0.2, -0.15) is 0 Å². The smallest absolute Gasteiger partial charge is 0.262 e. The number of para-hydroxylation sites is 1. The number of carbonyl (C=O) groups is 1. The molecule has 9 heteroatoms. The molecule has 8 nitrogen and oxygen atoms in total. The summed E-state index contributed by atoms with van der Waals surface area (Å²) in [5.41, 5.74) is 3.02. The molecule has 0 spiro atoms. The van der Waals surface area contributed by atoms with Crippen molar-refractivity contribution in [3.05, 3.63) is 76.0 Å². The lowest BCUT2D eigenvalue weighted by Crippen LogP contribution is -2.25. The van der Waals surface area contributed by atoms with E-state index in [1.807, 2.05) is 32.0 Å². The SMILES string of the molecule is Cc1cccc(C)c1NC(=O)CSc1nc2cc3c(cc2c(=O)n1Cc1ccco1)OCO3. The molecule has 0 atom stereocenters. The largest absolute Gasteiger partial charge is 0.467 e. The van der Waals surface area contributed by atoms with E-state index in [1.54, 1.807) is 30.5 Å². The van der Waals surface area contributed by atoms with Gasteiger partial charge in [-0.3, -0.25) is 14.2 Å². The highest BCUT2D eigenvalue weighted by molar-refractivity contribution is 7.99. The Kier molecular flexibility index (Phi) is 5.55. The Morgan fingerprint density at radius 1 is 1.12 bits per heavy atom. The first kappa shape index (κ1) is 21.1. The normalized spacial score (nSPS) is 12.3. The number of ether oxygens (including phenoxy) is 2. The minimum Gasteiger partial charge on any atom is -0.467 e. The van der Waals surface area contributed by atoms with E-state index >= 15 is 0 Å². The zero-order valence-electron chi connectivity index (χ0n) is 18.1. The zero-order valence-corrected chi connectivity index (χ0v) is 18.9. The fourth-order valence-corrected chi connectivity index (χ4v) is 4.51. The van der Waals surface area contributed by atoms with E-state index in [1.165, 1.54) is 16.3 Å².